The lowest BCUT2D eigenvalue weighted by Crippen LogP contribution is -2.27. The molecule has 2 aromatic rings. The highest BCUT2D eigenvalue weighted by atomic mass is 32.2. The Labute approximate surface area is 123 Å². The fraction of sp³-hybridized carbons (Fsp3) is 0.286. The van der Waals surface area contributed by atoms with Gasteiger partial charge in [-0.3, -0.25) is 0 Å². The molecule has 6 heteroatoms. The zero-order valence-electron chi connectivity index (χ0n) is 11.8. The number of hydrogen-bond acceptors (Lipinski definition) is 4. The molecule has 0 atom stereocenters. The maximum absolute atomic E-state index is 12.7. The van der Waals surface area contributed by atoms with Crippen LogP contribution < -0.4 is 5.73 Å². The lowest BCUT2D eigenvalue weighted by molar-refractivity contribution is 0.469. The molecule has 2 N–H and O–H groups in total. The van der Waals surface area contributed by atoms with Crippen molar-refractivity contribution in [3.05, 3.63) is 45.6 Å². The normalized spacial score (nSPS) is 12.0. The molecule has 0 radical (unpaired) electrons. The van der Waals surface area contributed by atoms with E-state index in [0.29, 0.717) is 12.2 Å². The molecule has 4 nitrogen and oxygen atoms in total. The molecule has 0 aliphatic heterocycles. The molecule has 0 fully saturated rings. The standard InChI is InChI=1S/C14H18N2O2S2/c1-10-7-12(15)8-14(11(10)2)20(17,18)16(3)9-13-5-4-6-19-13/h4-8H,9,15H2,1-3H3. The van der Waals surface area contributed by atoms with Crippen LogP contribution in [0.2, 0.25) is 0 Å². The first-order valence-electron chi connectivity index (χ1n) is 6.18. The minimum atomic E-state index is -3.53. The van der Waals surface area contributed by atoms with Gasteiger partial charge in [-0.2, -0.15) is 4.31 Å². The SMILES string of the molecule is Cc1cc(N)cc(S(=O)(=O)N(C)Cc2cccs2)c1C. The van der Waals surface area contributed by atoms with Crippen LogP contribution in [-0.4, -0.2) is 19.8 Å². The molecule has 0 bridgehead atoms. The fourth-order valence-electron chi connectivity index (χ4n) is 2.00. The van der Waals surface area contributed by atoms with E-state index in [0.717, 1.165) is 16.0 Å². The first-order chi connectivity index (χ1) is 9.32. The Morgan fingerprint density at radius 1 is 1.30 bits per heavy atom. The van der Waals surface area contributed by atoms with Crippen molar-refractivity contribution in [2.24, 2.45) is 0 Å². The second-order valence-corrected chi connectivity index (χ2v) is 7.85. The number of anilines is 1. The predicted molar refractivity (Wildman–Crippen MR) is 83.3 cm³/mol. The lowest BCUT2D eigenvalue weighted by atomic mass is 10.1. The third-order valence-electron chi connectivity index (χ3n) is 3.29. The van der Waals surface area contributed by atoms with E-state index in [-0.39, 0.29) is 4.90 Å². The van der Waals surface area contributed by atoms with Crippen molar-refractivity contribution in [2.75, 3.05) is 12.8 Å². The third-order valence-corrected chi connectivity index (χ3v) is 6.08. The summed E-state index contributed by atoms with van der Waals surface area (Å²) in [6, 6.07) is 7.15. The number of benzene rings is 1. The van der Waals surface area contributed by atoms with Crippen LogP contribution in [0, 0.1) is 13.8 Å². The number of nitrogens with zero attached hydrogens (tertiary/aromatic N) is 1. The van der Waals surface area contributed by atoms with Crippen molar-refractivity contribution in [2.45, 2.75) is 25.3 Å². The third kappa shape index (κ3) is 2.87. The highest BCUT2D eigenvalue weighted by Crippen LogP contribution is 2.26. The predicted octanol–water partition coefficient (Wildman–Crippen LogP) is 2.77. The van der Waals surface area contributed by atoms with E-state index < -0.39 is 10.0 Å². The van der Waals surface area contributed by atoms with E-state index in [1.54, 1.807) is 31.4 Å². The van der Waals surface area contributed by atoms with E-state index >= 15 is 0 Å². The number of rotatable bonds is 4. The van der Waals surface area contributed by atoms with Crippen LogP contribution in [0.15, 0.2) is 34.5 Å². The summed E-state index contributed by atoms with van der Waals surface area (Å²) < 4.78 is 26.7. The van der Waals surface area contributed by atoms with E-state index in [2.05, 4.69) is 0 Å². The molecule has 0 unspecified atom stereocenters. The van der Waals surface area contributed by atoms with Gasteiger partial charge in [-0.1, -0.05) is 6.07 Å². The summed E-state index contributed by atoms with van der Waals surface area (Å²) in [5.74, 6) is 0. The summed E-state index contributed by atoms with van der Waals surface area (Å²) >= 11 is 1.54. The molecule has 1 aromatic carbocycles. The van der Waals surface area contributed by atoms with E-state index in [1.165, 1.54) is 10.4 Å². The second kappa shape index (κ2) is 5.55. The number of hydrogen-bond donors (Lipinski definition) is 1. The van der Waals surface area contributed by atoms with Crippen molar-refractivity contribution in [1.82, 2.24) is 4.31 Å². The van der Waals surface area contributed by atoms with Crippen LogP contribution in [-0.2, 0) is 16.6 Å². The van der Waals surface area contributed by atoms with Crippen LogP contribution in [0.1, 0.15) is 16.0 Å². The summed E-state index contributed by atoms with van der Waals surface area (Å²) in [5, 5.41) is 1.94. The number of sulfonamides is 1. The van der Waals surface area contributed by atoms with Gasteiger partial charge in [0.15, 0.2) is 0 Å². The Morgan fingerprint density at radius 2 is 2.00 bits per heavy atom. The molecule has 0 amide bonds. The van der Waals surface area contributed by atoms with Crippen molar-refractivity contribution in [3.8, 4) is 0 Å². The average molecular weight is 310 g/mol. The monoisotopic (exact) mass is 310 g/mol. The van der Waals surface area contributed by atoms with E-state index in [4.69, 9.17) is 5.73 Å². The maximum atomic E-state index is 12.7. The van der Waals surface area contributed by atoms with Gasteiger partial charge in [0.1, 0.15) is 0 Å². The molecular weight excluding hydrogens is 292 g/mol. The first-order valence-corrected chi connectivity index (χ1v) is 8.50. The van der Waals surface area contributed by atoms with Gasteiger partial charge in [-0.15, -0.1) is 11.3 Å². The summed E-state index contributed by atoms with van der Waals surface area (Å²) in [7, 11) is -1.94. The summed E-state index contributed by atoms with van der Waals surface area (Å²) in [6.45, 7) is 4.04. The number of thiophene rings is 1. The summed E-state index contributed by atoms with van der Waals surface area (Å²) in [5.41, 5.74) is 7.88. The zero-order valence-corrected chi connectivity index (χ0v) is 13.4. The fourth-order valence-corrected chi connectivity index (χ4v) is 4.31. The van der Waals surface area contributed by atoms with Crippen LogP contribution in [0.25, 0.3) is 0 Å². The van der Waals surface area contributed by atoms with Gasteiger partial charge in [0.25, 0.3) is 0 Å². The zero-order chi connectivity index (χ0) is 14.9. The van der Waals surface area contributed by atoms with Crippen LogP contribution in [0.3, 0.4) is 0 Å². The van der Waals surface area contributed by atoms with Gasteiger partial charge >= 0.3 is 0 Å². The molecular formula is C14H18N2O2S2. The Hall–Kier alpha value is -1.37. The molecule has 1 aromatic heterocycles. The number of nitrogen functional groups attached to an aromatic ring is 1. The van der Waals surface area contributed by atoms with Crippen molar-refractivity contribution < 1.29 is 8.42 Å². The number of nitrogens with two attached hydrogens (primary N) is 1. The van der Waals surface area contributed by atoms with Gasteiger partial charge in [0.2, 0.25) is 10.0 Å². The Bertz CT molecular complexity index is 707. The highest BCUT2D eigenvalue weighted by Gasteiger charge is 2.24. The Morgan fingerprint density at radius 3 is 2.60 bits per heavy atom. The molecule has 0 saturated carbocycles. The molecule has 2 rings (SSSR count). The molecule has 0 spiro atoms. The van der Waals surface area contributed by atoms with Gasteiger partial charge < -0.3 is 5.73 Å². The van der Waals surface area contributed by atoms with Gasteiger partial charge in [-0.05, 0) is 48.6 Å². The Balaban J connectivity index is 2.40. The lowest BCUT2D eigenvalue weighted by Gasteiger charge is -2.19. The van der Waals surface area contributed by atoms with Crippen LogP contribution in [0.5, 0.6) is 0 Å². The Kier molecular flexibility index (Phi) is 4.17. The first kappa shape index (κ1) is 15.0. The average Bonchev–Trinajstić information content (AvgIpc) is 2.86. The smallest absolute Gasteiger partial charge is 0.243 e. The van der Waals surface area contributed by atoms with E-state index in [1.807, 2.05) is 24.4 Å². The minimum Gasteiger partial charge on any atom is -0.399 e. The molecule has 108 valence electrons. The van der Waals surface area contributed by atoms with Crippen LogP contribution >= 0.6 is 11.3 Å². The molecule has 1 heterocycles. The van der Waals surface area contributed by atoms with Gasteiger partial charge in [0, 0.05) is 24.2 Å². The molecule has 0 aliphatic rings. The molecule has 0 saturated heterocycles. The van der Waals surface area contributed by atoms with Crippen LogP contribution in [0.4, 0.5) is 5.69 Å². The summed E-state index contributed by atoms with van der Waals surface area (Å²) in [4.78, 5) is 1.29. The number of aryl methyl sites for hydroxylation is 1. The summed E-state index contributed by atoms with van der Waals surface area (Å²) in [6.07, 6.45) is 0. The quantitative estimate of drug-likeness (QED) is 0.883. The van der Waals surface area contributed by atoms with Gasteiger partial charge in [0.05, 0.1) is 4.90 Å². The van der Waals surface area contributed by atoms with Crippen molar-refractivity contribution >= 4 is 27.0 Å². The highest BCUT2D eigenvalue weighted by molar-refractivity contribution is 7.89. The second-order valence-electron chi connectivity index (χ2n) is 4.80. The minimum absolute atomic E-state index is 0.286. The molecule has 0 aliphatic carbocycles. The topological polar surface area (TPSA) is 63.4 Å². The largest absolute Gasteiger partial charge is 0.399 e. The maximum Gasteiger partial charge on any atom is 0.243 e. The van der Waals surface area contributed by atoms with Crippen molar-refractivity contribution in [1.29, 1.82) is 0 Å². The molecule has 20 heavy (non-hydrogen) atoms. The van der Waals surface area contributed by atoms with E-state index in [9.17, 15) is 8.42 Å². The van der Waals surface area contributed by atoms with Gasteiger partial charge in [-0.25, -0.2) is 8.42 Å². The van der Waals surface area contributed by atoms with Crippen molar-refractivity contribution in [3.63, 3.8) is 0 Å².